The van der Waals surface area contributed by atoms with Gasteiger partial charge in [-0.2, -0.15) is 10.4 Å². The molecule has 6 heteroatoms. The summed E-state index contributed by atoms with van der Waals surface area (Å²) in [4.78, 5) is 14.4. The molecule has 0 aliphatic heterocycles. The normalized spacial score (nSPS) is 10.5. The second-order valence-corrected chi connectivity index (χ2v) is 3.35. The van der Waals surface area contributed by atoms with Crippen molar-refractivity contribution in [1.82, 2.24) is 14.8 Å². The predicted molar refractivity (Wildman–Crippen MR) is 55.8 cm³/mol. The van der Waals surface area contributed by atoms with Crippen LogP contribution >= 0.6 is 11.6 Å². The molecule has 0 saturated heterocycles. The first-order chi connectivity index (χ1) is 7.19. The van der Waals surface area contributed by atoms with Gasteiger partial charge in [-0.25, -0.2) is 4.68 Å². The molecule has 0 aliphatic rings. The molecule has 0 unspecified atom stereocenters. The van der Waals surface area contributed by atoms with Crippen molar-refractivity contribution in [2.75, 3.05) is 0 Å². The molecule has 2 heterocycles. The van der Waals surface area contributed by atoms with E-state index in [2.05, 4.69) is 10.1 Å². The minimum atomic E-state index is -0.372. The molecule has 0 radical (unpaired) electrons. The molecule has 0 aromatic carbocycles. The number of aryl methyl sites for hydroxylation is 1. The van der Waals surface area contributed by atoms with Crippen LogP contribution in [0.4, 0.5) is 0 Å². The number of hydrogen-bond donors (Lipinski definition) is 1. The molecule has 2 aromatic rings. The maximum Gasteiger partial charge on any atom is 0.286 e. The highest BCUT2D eigenvalue weighted by Gasteiger charge is 2.13. The molecule has 0 atom stereocenters. The first-order valence-corrected chi connectivity index (χ1v) is 4.74. The minimum Gasteiger partial charge on any atom is -0.343 e. The Morgan fingerprint density at radius 1 is 1.73 bits per heavy atom. The molecule has 15 heavy (non-hydrogen) atoms. The van der Waals surface area contributed by atoms with Crippen LogP contribution in [-0.4, -0.2) is 14.8 Å². The summed E-state index contributed by atoms with van der Waals surface area (Å²) in [5.74, 6) is 0. The van der Waals surface area contributed by atoms with Crippen molar-refractivity contribution >= 4 is 22.6 Å². The van der Waals surface area contributed by atoms with Gasteiger partial charge in [0, 0.05) is 12.7 Å². The van der Waals surface area contributed by atoms with E-state index in [4.69, 9.17) is 16.9 Å². The molecular formula is C9H7ClN4O. The van der Waals surface area contributed by atoms with Gasteiger partial charge in [0.2, 0.25) is 0 Å². The van der Waals surface area contributed by atoms with Gasteiger partial charge in [0.25, 0.3) is 5.56 Å². The predicted octanol–water partition coefficient (Wildman–Crippen LogP) is 1.27. The van der Waals surface area contributed by atoms with E-state index in [0.29, 0.717) is 23.1 Å². The molecule has 1 N–H and O–H groups in total. The lowest BCUT2D eigenvalue weighted by Crippen LogP contribution is -2.22. The lowest BCUT2D eigenvalue weighted by atomic mass is 10.2. The van der Waals surface area contributed by atoms with Crippen LogP contribution in [0, 0.1) is 11.3 Å². The van der Waals surface area contributed by atoms with Crippen molar-refractivity contribution < 1.29 is 0 Å². The van der Waals surface area contributed by atoms with Crippen molar-refractivity contribution in [1.29, 1.82) is 5.26 Å². The number of hydrogen-bond acceptors (Lipinski definition) is 3. The van der Waals surface area contributed by atoms with Crippen LogP contribution in [0.25, 0.3) is 11.0 Å². The molecule has 2 rings (SSSR count). The van der Waals surface area contributed by atoms with Gasteiger partial charge in [-0.1, -0.05) is 11.6 Å². The van der Waals surface area contributed by atoms with Crippen molar-refractivity contribution in [3.8, 4) is 6.07 Å². The first kappa shape index (κ1) is 9.74. The SMILES string of the molecule is CCn1nc2[nH]cc(C#N)c2c(Cl)c1=O. The average Bonchev–Trinajstić information content (AvgIpc) is 2.66. The molecule has 0 aliphatic carbocycles. The quantitative estimate of drug-likeness (QED) is 0.790. The Hall–Kier alpha value is -1.80. The molecule has 76 valence electrons. The van der Waals surface area contributed by atoms with Gasteiger partial charge in [-0.05, 0) is 6.92 Å². The molecule has 0 bridgehead atoms. The molecule has 2 aromatic heterocycles. The Bertz CT molecular complexity index is 619. The Balaban J connectivity index is 2.96. The lowest BCUT2D eigenvalue weighted by molar-refractivity contribution is 0.626. The average molecular weight is 223 g/mol. The van der Waals surface area contributed by atoms with E-state index in [1.807, 2.05) is 6.07 Å². The fourth-order valence-electron chi connectivity index (χ4n) is 1.40. The smallest absolute Gasteiger partial charge is 0.286 e. The van der Waals surface area contributed by atoms with Crippen LogP contribution in [0.15, 0.2) is 11.0 Å². The number of halogens is 1. The maximum absolute atomic E-state index is 11.6. The molecule has 0 fully saturated rings. The second kappa shape index (κ2) is 3.41. The maximum atomic E-state index is 11.6. The summed E-state index contributed by atoms with van der Waals surface area (Å²) in [6.07, 6.45) is 1.49. The van der Waals surface area contributed by atoms with Gasteiger partial charge < -0.3 is 4.98 Å². The highest BCUT2D eigenvalue weighted by molar-refractivity contribution is 6.35. The van der Waals surface area contributed by atoms with Gasteiger partial charge in [-0.3, -0.25) is 4.79 Å². The molecule has 5 nitrogen and oxygen atoms in total. The number of fused-ring (bicyclic) bond motifs is 1. The Labute approximate surface area is 89.9 Å². The number of aromatic amines is 1. The second-order valence-electron chi connectivity index (χ2n) is 2.97. The number of aromatic nitrogens is 3. The highest BCUT2D eigenvalue weighted by Crippen LogP contribution is 2.21. The summed E-state index contributed by atoms with van der Waals surface area (Å²) in [7, 11) is 0. The van der Waals surface area contributed by atoms with E-state index >= 15 is 0 Å². The number of rotatable bonds is 1. The minimum absolute atomic E-state index is 0.0413. The number of nitriles is 1. The zero-order chi connectivity index (χ0) is 11.0. The van der Waals surface area contributed by atoms with E-state index in [1.54, 1.807) is 6.92 Å². The summed E-state index contributed by atoms with van der Waals surface area (Å²) < 4.78 is 1.25. The molecule has 0 saturated carbocycles. The summed E-state index contributed by atoms with van der Waals surface area (Å²) in [5.41, 5.74) is 0.420. The van der Waals surface area contributed by atoms with Crippen LogP contribution in [0.1, 0.15) is 12.5 Å². The van der Waals surface area contributed by atoms with Crippen molar-refractivity contribution in [3.05, 3.63) is 27.1 Å². The van der Waals surface area contributed by atoms with Crippen LogP contribution in [-0.2, 0) is 6.54 Å². The first-order valence-electron chi connectivity index (χ1n) is 4.36. The standard InChI is InChI=1S/C9H7ClN4O/c1-2-14-9(15)7(10)6-5(3-11)4-12-8(6)13-14/h4H,2H2,1H3,(H,12,13). The lowest BCUT2D eigenvalue weighted by Gasteiger charge is -2.01. The van der Waals surface area contributed by atoms with E-state index in [0.717, 1.165) is 0 Å². The summed E-state index contributed by atoms with van der Waals surface area (Å²) in [5, 5.41) is 13.3. The fraction of sp³-hybridized carbons (Fsp3) is 0.222. The van der Waals surface area contributed by atoms with Gasteiger partial charge in [0.15, 0.2) is 5.65 Å². The van der Waals surface area contributed by atoms with Gasteiger partial charge >= 0.3 is 0 Å². The third kappa shape index (κ3) is 1.30. The van der Waals surface area contributed by atoms with Gasteiger partial charge in [-0.15, -0.1) is 0 Å². The number of nitrogens with zero attached hydrogens (tertiary/aromatic N) is 3. The molecule has 0 amide bonds. The molecular weight excluding hydrogens is 216 g/mol. The van der Waals surface area contributed by atoms with Crippen LogP contribution in [0.5, 0.6) is 0 Å². The van der Waals surface area contributed by atoms with E-state index in [1.165, 1.54) is 10.9 Å². The van der Waals surface area contributed by atoms with Crippen LogP contribution < -0.4 is 5.56 Å². The monoisotopic (exact) mass is 222 g/mol. The van der Waals surface area contributed by atoms with Crippen molar-refractivity contribution in [2.24, 2.45) is 0 Å². The highest BCUT2D eigenvalue weighted by atomic mass is 35.5. The van der Waals surface area contributed by atoms with Crippen LogP contribution in [0.3, 0.4) is 0 Å². The van der Waals surface area contributed by atoms with Gasteiger partial charge in [0.1, 0.15) is 11.1 Å². The number of nitrogens with one attached hydrogen (secondary N) is 1. The van der Waals surface area contributed by atoms with E-state index < -0.39 is 0 Å². The summed E-state index contributed by atoms with van der Waals surface area (Å²) >= 11 is 5.89. The Kier molecular flexibility index (Phi) is 2.21. The third-order valence-corrected chi connectivity index (χ3v) is 2.49. The van der Waals surface area contributed by atoms with Gasteiger partial charge in [0.05, 0.1) is 10.9 Å². The zero-order valence-corrected chi connectivity index (χ0v) is 8.67. The van der Waals surface area contributed by atoms with E-state index in [-0.39, 0.29) is 10.6 Å². The number of H-pyrrole nitrogens is 1. The van der Waals surface area contributed by atoms with Crippen LogP contribution in [0.2, 0.25) is 5.02 Å². The largest absolute Gasteiger partial charge is 0.343 e. The summed E-state index contributed by atoms with van der Waals surface area (Å²) in [6, 6.07) is 1.95. The Morgan fingerprint density at radius 2 is 2.47 bits per heavy atom. The summed E-state index contributed by atoms with van der Waals surface area (Å²) in [6.45, 7) is 2.24. The van der Waals surface area contributed by atoms with Crippen molar-refractivity contribution in [3.63, 3.8) is 0 Å². The third-order valence-electron chi connectivity index (χ3n) is 2.14. The van der Waals surface area contributed by atoms with Crippen molar-refractivity contribution in [2.45, 2.75) is 13.5 Å². The Morgan fingerprint density at radius 3 is 3.07 bits per heavy atom. The van der Waals surface area contributed by atoms with E-state index in [9.17, 15) is 4.79 Å². The topological polar surface area (TPSA) is 74.5 Å². The molecule has 0 spiro atoms. The fourth-order valence-corrected chi connectivity index (χ4v) is 1.69. The zero-order valence-electron chi connectivity index (χ0n) is 7.91.